The molecule has 0 saturated heterocycles. The van der Waals surface area contributed by atoms with E-state index in [9.17, 15) is 0 Å². The average molecular weight is 125 g/mol. The Morgan fingerprint density at radius 1 is 1.57 bits per heavy atom. The molecule has 0 aliphatic rings. The van der Waals surface area contributed by atoms with E-state index in [0.29, 0.717) is 6.42 Å². The largest absolute Gasteiger partial charge is 0.396 e. The molecule has 0 aromatic carbocycles. The van der Waals surface area contributed by atoms with Crippen molar-refractivity contribution in [1.29, 1.82) is 0 Å². The number of hydrogen-bond acceptors (Lipinski definition) is 2. The highest BCUT2D eigenvalue weighted by Crippen LogP contribution is 1.90. The van der Waals surface area contributed by atoms with E-state index in [0.717, 1.165) is 0 Å². The van der Waals surface area contributed by atoms with Crippen molar-refractivity contribution < 1.29 is 10.2 Å². The second kappa shape index (κ2) is 4.37. The first-order valence-electron chi connectivity index (χ1n) is 2.16. The number of hydrogen-bond donors (Lipinski definition) is 2. The van der Waals surface area contributed by atoms with Gasteiger partial charge in [-0.15, -0.1) is 11.6 Å². The van der Waals surface area contributed by atoms with E-state index in [-0.39, 0.29) is 12.5 Å². The average Bonchev–Trinajstić information content (AvgIpc) is 1.68. The van der Waals surface area contributed by atoms with Crippen LogP contribution in [0.1, 0.15) is 6.42 Å². The van der Waals surface area contributed by atoms with Gasteiger partial charge in [-0.05, 0) is 6.42 Å². The van der Waals surface area contributed by atoms with Crippen molar-refractivity contribution in [3.8, 4) is 0 Å². The van der Waals surface area contributed by atoms with Crippen LogP contribution in [0.5, 0.6) is 0 Å². The minimum Gasteiger partial charge on any atom is -0.396 e. The van der Waals surface area contributed by atoms with Crippen LogP contribution in [0, 0.1) is 0 Å². The first kappa shape index (κ1) is 7.21. The molecule has 0 aliphatic heterocycles. The van der Waals surface area contributed by atoms with Gasteiger partial charge in [-0.2, -0.15) is 0 Å². The Labute approximate surface area is 47.7 Å². The Hall–Kier alpha value is 0.210. The first-order valence-corrected chi connectivity index (χ1v) is 2.69. The second-order valence-corrected chi connectivity index (χ2v) is 1.63. The summed E-state index contributed by atoms with van der Waals surface area (Å²) in [5.41, 5.74) is 0. The van der Waals surface area contributed by atoms with Crippen LogP contribution in [-0.2, 0) is 0 Å². The monoisotopic (exact) mass is 124 g/mol. The number of halogens is 1. The molecule has 0 heterocycles. The molecular weight excluding hydrogens is 115 g/mol. The molecule has 0 saturated carbocycles. The van der Waals surface area contributed by atoms with Gasteiger partial charge >= 0.3 is 0 Å². The van der Waals surface area contributed by atoms with Gasteiger partial charge in [0, 0.05) is 12.5 Å². The predicted molar refractivity (Wildman–Crippen MR) is 28.4 cm³/mol. The van der Waals surface area contributed by atoms with E-state index < -0.39 is 6.10 Å². The molecule has 0 aliphatic carbocycles. The van der Waals surface area contributed by atoms with Crippen LogP contribution in [0.4, 0.5) is 0 Å². The van der Waals surface area contributed by atoms with Gasteiger partial charge in [0.2, 0.25) is 0 Å². The van der Waals surface area contributed by atoms with Gasteiger partial charge in [-0.1, -0.05) is 0 Å². The quantitative estimate of drug-likeness (QED) is 0.519. The number of aliphatic hydroxyl groups excluding tert-OH is 2. The number of rotatable bonds is 3. The Morgan fingerprint density at radius 3 is 2.29 bits per heavy atom. The molecule has 0 unspecified atom stereocenters. The molecule has 0 radical (unpaired) electrons. The van der Waals surface area contributed by atoms with Gasteiger partial charge < -0.3 is 10.2 Å². The predicted octanol–water partition coefficient (Wildman–Crippen LogP) is -0.0315. The molecule has 0 bridgehead atoms. The van der Waals surface area contributed by atoms with Crippen LogP contribution in [-0.4, -0.2) is 28.8 Å². The van der Waals surface area contributed by atoms with Crippen molar-refractivity contribution >= 4 is 11.6 Å². The maximum atomic E-state index is 8.57. The summed E-state index contributed by atoms with van der Waals surface area (Å²) in [6, 6.07) is 0. The molecule has 7 heavy (non-hydrogen) atoms. The summed E-state index contributed by atoms with van der Waals surface area (Å²) >= 11 is 5.17. The SMILES string of the molecule is OCC[C@@H](O)CCl. The molecule has 0 aromatic heterocycles. The maximum Gasteiger partial charge on any atom is 0.0697 e. The van der Waals surface area contributed by atoms with Gasteiger partial charge in [-0.25, -0.2) is 0 Å². The molecule has 0 rings (SSSR count). The van der Waals surface area contributed by atoms with Crippen molar-refractivity contribution in [3.05, 3.63) is 0 Å². The molecule has 44 valence electrons. The zero-order valence-corrected chi connectivity index (χ0v) is 4.73. The fraction of sp³-hybridized carbons (Fsp3) is 1.00. The van der Waals surface area contributed by atoms with Crippen molar-refractivity contribution in [2.45, 2.75) is 12.5 Å². The van der Waals surface area contributed by atoms with Crippen LogP contribution < -0.4 is 0 Å². The lowest BCUT2D eigenvalue weighted by atomic mass is 10.3. The smallest absolute Gasteiger partial charge is 0.0697 e. The highest BCUT2D eigenvalue weighted by Gasteiger charge is 1.97. The van der Waals surface area contributed by atoms with Crippen molar-refractivity contribution in [1.82, 2.24) is 0 Å². The van der Waals surface area contributed by atoms with E-state index in [4.69, 9.17) is 21.8 Å². The van der Waals surface area contributed by atoms with Crippen molar-refractivity contribution in [2.24, 2.45) is 0 Å². The third-order valence-corrected chi connectivity index (χ3v) is 0.997. The molecule has 0 fully saturated rings. The summed E-state index contributed by atoms with van der Waals surface area (Å²) < 4.78 is 0. The Bertz CT molecular complexity index is 40.7. The van der Waals surface area contributed by atoms with E-state index in [1.54, 1.807) is 0 Å². The van der Waals surface area contributed by atoms with Crippen molar-refractivity contribution in [3.63, 3.8) is 0 Å². The summed E-state index contributed by atoms with van der Waals surface area (Å²) in [6.07, 6.45) is -0.157. The van der Waals surface area contributed by atoms with Crippen LogP contribution in [0.2, 0.25) is 0 Å². The van der Waals surface area contributed by atoms with Crippen LogP contribution in [0.25, 0.3) is 0 Å². The number of alkyl halides is 1. The minimum absolute atomic E-state index is 0.00782. The molecule has 2 nitrogen and oxygen atoms in total. The second-order valence-electron chi connectivity index (χ2n) is 1.32. The fourth-order valence-corrected chi connectivity index (χ4v) is 0.380. The highest BCUT2D eigenvalue weighted by molar-refractivity contribution is 6.18. The molecule has 2 N–H and O–H groups in total. The zero-order valence-electron chi connectivity index (χ0n) is 3.97. The van der Waals surface area contributed by atoms with Crippen LogP contribution in [0.15, 0.2) is 0 Å². The van der Waals surface area contributed by atoms with E-state index >= 15 is 0 Å². The zero-order chi connectivity index (χ0) is 5.70. The lowest BCUT2D eigenvalue weighted by Gasteiger charge is -1.99. The summed E-state index contributed by atoms with van der Waals surface area (Å²) in [5.74, 6) is 0.209. The fourth-order valence-electron chi connectivity index (χ4n) is 0.226. The Morgan fingerprint density at radius 2 is 2.14 bits per heavy atom. The van der Waals surface area contributed by atoms with E-state index in [1.807, 2.05) is 0 Å². The lowest BCUT2D eigenvalue weighted by molar-refractivity contribution is 0.151. The molecule has 0 spiro atoms. The standard InChI is InChI=1S/C4H9ClO2/c5-3-4(7)1-2-6/h4,6-7H,1-3H2/t4-/m1/s1. The maximum absolute atomic E-state index is 8.57. The summed E-state index contributed by atoms with van der Waals surface area (Å²) in [7, 11) is 0. The Balaban J connectivity index is 2.83. The minimum atomic E-state index is -0.535. The summed E-state index contributed by atoms with van der Waals surface area (Å²) in [4.78, 5) is 0. The normalized spacial score (nSPS) is 14.1. The van der Waals surface area contributed by atoms with Crippen LogP contribution >= 0.6 is 11.6 Å². The summed E-state index contributed by atoms with van der Waals surface area (Å²) in [5, 5.41) is 16.7. The van der Waals surface area contributed by atoms with Crippen LogP contribution in [0.3, 0.4) is 0 Å². The van der Waals surface area contributed by atoms with Gasteiger partial charge in [-0.3, -0.25) is 0 Å². The third kappa shape index (κ3) is 4.05. The van der Waals surface area contributed by atoms with E-state index in [2.05, 4.69) is 0 Å². The van der Waals surface area contributed by atoms with Crippen molar-refractivity contribution in [2.75, 3.05) is 12.5 Å². The molecule has 0 amide bonds. The molecule has 3 heteroatoms. The number of aliphatic hydroxyl groups is 2. The van der Waals surface area contributed by atoms with Gasteiger partial charge in [0.1, 0.15) is 0 Å². The first-order chi connectivity index (χ1) is 3.31. The third-order valence-electron chi connectivity index (χ3n) is 0.640. The van der Waals surface area contributed by atoms with Gasteiger partial charge in [0.25, 0.3) is 0 Å². The summed E-state index contributed by atoms with van der Waals surface area (Å²) in [6.45, 7) is 0.00782. The Kier molecular flexibility index (Phi) is 4.50. The lowest BCUT2D eigenvalue weighted by Crippen LogP contribution is -2.09. The van der Waals surface area contributed by atoms with Gasteiger partial charge in [0.05, 0.1) is 6.10 Å². The molecule has 0 aromatic rings. The van der Waals surface area contributed by atoms with Gasteiger partial charge in [0.15, 0.2) is 0 Å². The topological polar surface area (TPSA) is 40.5 Å². The molecule has 1 atom stereocenters. The molecular formula is C4H9ClO2. The highest BCUT2D eigenvalue weighted by atomic mass is 35.5. The van der Waals surface area contributed by atoms with E-state index in [1.165, 1.54) is 0 Å².